The van der Waals surface area contributed by atoms with Gasteiger partial charge in [0.1, 0.15) is 0 Å². The number of rotatable bonds is 5. The second-order valence-corrected chi connectivity index (χ2v) is 5.04. The number of benzene rings is 1. The fourth-order valence-electron chi connectivity index (χ4n) is 2.43. The molecule has 2 aromatic rings. The summed E-state index contributed by atoms with van der Waals surface area (Å²) < 4.78 is 0. The zero-order chi connectivity index (χ0) is 13.7. The number of nitrogens with zero attached hydrogens (tertiary/aromatic N) is 1. The highest BCUT2D eigenvalue weighted by molar-refractivity contribution is 5.34. The lowest BCUT2D eigenvalue weighted by molar-refractivity contribution is 0.546. The molecule has 1 aromatic carbocycles. The van der Waals surface area contributed by atoms with Gasteiger partial charge in [0.2, 0.25) is 0 Å². The number of aryl methyl sites for hydroxylation is 2. The third kappa shape index (κ3) is 3.65. The second-order valence-electron chi connectivity index (χ2n) is 5.04. The Morgan fingerprint density at radius 2 is 2.05 bits per heavy atom. The first kappa shape index (κ1) is 13.8. The Kier molecular flexibility index (Phi) is 4.69. The second kappa shape index (κ2) is 6.48. The zero-order valence-corrected chi connectivity index (χ0v) is 12.0. The quantitative estimate of drug-likeness (QED) is 0.882. The van der Waals surface area contributed by atoms with Crippen LogP contribution in [0.25, 0.3) is 0 Å². The van der Waals surface area contributed by atoms with Gasteiger partial charge in [-0.25, -0.2) is 0 Å². The van der Waals surface area contributed by atoms with Gasteiger partial charge in [0.05, 0.1) is 0 Å². The summed E-state index contributed by atoms with van der Waals surface area (Å²) >= 11 is 0. The van der Waals surface area contributed by atoms with Crippen LogP contribution >= 0.6 is 0 Å². The number of aromatic nitrogens is 1. The van der Waals surface area contributed by atoms with Gasteiger partial charge in [0, 0.05) is 18.4 Å². The number of pyridine rings is 1. The molecule has 2 heteroatoms. The summed E-state index contributed by atoms with van der Waals surface area (Å²) in [6.45, 7) is 7.46. The molecule has 0 fully saturated rings. The Labute approximate surface area is 115 Å². The molecule has 1 unspecified atom stereocenters. The molecule has 0 bridgehead atoms. The number of hydrogen-bond donors (Lipinski definition) is 1. The Morgan fingerprint density at radius 3 is 2.74 bits per heavy atom. The molecular weight excluding hydrogens is 232 g/mol. The van der Waals surface area contributed by atoms with Gasteiger partial charge < -0.3 is 5.32 Å². The van der Waals surface area contributed by atoms with Crippen LogP contribution in [0.1, 0.15) is 35.2 Å². The average Bonchev–Trinajstić information content (AvgIpc) is 2.42. The lowest BCUT2D eigenvalue weighted by Crippen LogP contribution is -2.23. The molecule has 0 radical (unpaired) electrons. The van der Waals surface area contributed by atoms with Gasteiger partial charge in [-0.1, -0.05) is 36.8 Å². The largest absolute Gasteiger partial charge is 0.310 e. The molecule has 1 aromatic heterocycles. The maximum Gasteiger partial charge on any atom is 0.0364 e. The molecule has 1 N–H and O–H groups in total. The van der Waals surface area contributed by atoms with Crippen molar-refractivity contribution in [2.24, 2.45) is 0 Å². The van der Waals surface area contributed by atoms with Crippen molar-refractivity contribution >= 4 is 0 Å². The molecule has 0 amide bonds. The van der Waals surface area contributed by atoms with Gasteiger partial charge in [0.15, 0.2) is 0 Å². The molecule has 1 atom stereocenters. The van der Waals surface area contributed by atoms with E-state index in [1.807, 2.05) is 18.5 Å². The van der Waals surface area contributed by atoms with E-state index in [1.54, 1.807) is 0 Å². The first-order chi connectivity index (χ1) is 9.20. The highest BCUT2D eigenvalue weighted by Crippen LogP contribution is 2.22. The molecule has 0 saturated heterocycles. The van der Waals surface area contributed by atoms with E-state index in [-0.39, 0.29) is 0 Å². The lowest BCUT2D eigenvalue weighted by Gasteiger charge is -2.21. The van der Waals surface area contributed by atoms with Crippen molar-refractivity contribution in [3.05, 3.63) is 65.0 Å². The van der Waals surface area contributed by atoms with E-state index in [4.69, 9.17) is 0 Å². The summed E-state index contributed by atoms with van der Waals surface area (Å²) in [5, 5.41) is 3.59. The van der Waals surface area contributed by atoms with Crippen molar-refractivity contribution in [3.8, 4) is 0 Å². The Balaban J connectivity index is 2.27. The van der Waals surface area contributed by atoms with Gasteiger partial charge in [-0.3, -0.25) is 4.98 Å². The highest BCUT2D eigenvalue weighted by atomic mass is 14.9. The summed E-state index contributed by atoms with van der Waals surface area (Å²) in [4.78, 5) is 4.20. The van der Waals surface area contributed by atoms with Gasteiger partial charge >= 0.3 is 0 Å². The van der Waals surface area contributed by atoms with Gasteiger partial charge in [-0.05, 0) is 49.6 Å². The maximum absolute atomic E-state index is 4.20. The molecule has 0 aliphatic heterocycles. The maximum atomic E-state index is 4.20. The van der Waals surface area contributed by atoms with Crippen LogP contribution in [-0.2, 0) is 6.42 Å². The van der Waals surface area contributed by atoms with E-state index in [9.17, 15) is 0 Å². The summed E-state index contributed by atoms with van der Waals surface area (Å²) in [5.74, 6) is 0. The van der Waals surface area contributed by atoms with E-state index in [1.165, 1.54) is 22.3 Å². The standard InChI is InChI=1S/C17H22N2/c1-4-19-17(11-15-6-5-9-18-12-15)16-10-13(2)7-8-14(16)3/h5-10,12,17,19H,4,11H2,1-3H3. The first-order valence-electron chi connectivity index (χ1n) is 6.90. The van der Waals surface area contributed by atoms with Crippen LogP contribution in [0.15, 0.2) is 42.7 Å². The summed E-state index contributed by atoms with van der Waals surface area (Å²) in [7, 11) is 0. The minimum atomic E-state index is 0.356. The van der Waals surface area contributed by atoms with Gasteiger partial charge in [-0.15, -0.1) is 0 Å². The monoisotopic (exact) mass is 254 g/mol. The molecule has 19 heavy (non-hydrogen) atoms. The minimum absolute atomic E-state index is 0.356. The average molecular weight is 254 g/mol. The van der Waals surface area contributed by atoms with Crippen molar-refractivity contribution in [1.29, 1.82) is 0 Å². The molecular formula is C17H22N2. The molecule has 0 aliphatic rings. The Morgan fingerprint density at radius 1 is 1.21 bits per heavy atom. The number of likely N-dealkylation sites (N-methyl/N-ethyl adjacent to an activating group) is 1. The Bertz CT molecular complexity index is 520. The minimum Gasteiger partial charge on any atom is -0.310 e. The van der Waals surface area contributed by atoms with E-state index >= 15 is 0 Å². The van der Waals surface area contributed by atoms with Crippen LogP contribution in [0.3, 0.4) is 0 Å². The predicted molar refractivity (Wildman–Crippen MR) is 80.3 cm³/mol. The SMILES string of the molecule is CCNC(Cc1cccnc1)c1cc(C)ccc1C. The van der Waals surface area contributed by atoms with Crippen molar-refractivity contribution in [2.75, 3.05) is 6.54 Å². The molecule has 1 heterocycles. The summed E-state index contributed by atoms with van der Waals surface area (Å²) in [6.07, 6.45) is 4.76. The highest BCUT2D eigenvalue weighted by Gasteiger charge is 2.13. The number of hydrogen-bond acceptors (Lipinski definition) is 2. The molecule has 2 rings (SSSR count). The van der Waals surface area contributed by atoms with Crippen molar-refractivity contribution in [1.82, 2.24) is 10.3 Å². The predicted octanol–water partition coefficient (Wildman–Crippen LogP) is 3.59. The van der Waals surface area contributed by atoms with Crippen LogP contribution in [-0.4, -0.2) is 11.5 Å². The van der Waals surface area contributed by atoms with E-state index in [0.717, 1.165) is 13.0 Å². The third-order valence-corrected chi connectivity index (χ3v) is 3.42. The van der Waals surface area contributed by atoms with Crippen LogP contribution in [0.4, 0.5) is 0 Å². The van der Waals surface area contributed by atoms with Crippen LogP contribution in [0, 0.1) is 13.8 Å². The van der Waals surface area contributed by atoms with Gasteiger partial charge in [-0.2, -0.15) is 0 Å². The molecule has 2 nitrogen and oxygen atoms in total. The summed E-state index contributed by atoms with van der Waals surface area (Å²) in [5.41, 5.74) is 5.33. The zero-order valence-electron chi connectivity index (χ0n) is 12.0. The topological polar surface area (TPSA) is 24.9 Å². The van der Waals surface area contributed by atoms with Crippen LogP contribution in [0.2, 0.25) is 0 Å². The van der Waals surface area contributed by atoms with E-state index < -0.39 is 0 Å². The van der Waals surface area contributed by atoms with Crippen LogP contribution in [0.5, 0.6) is 0 Å². The van der Waals surface area contributed by atoms with Crippen molar-refractivity contribution in [3.63, 3.8) is 0 Å². The normalized spacial score (nSPS) is 12.4. The van der Waals surface area contributed by atoms with Crippen LogP contribution < -0.4 is 5.32 Å². The molecule has 0 saturated carbocycles. The van der Waals surface area contributed by atoms with Crippen molar-refractivity contribution in [2.45, 2.75) is 33.2 Å². The summed E-state index contributed by atoms with van der Waals surface area (Å²) in [6, 6.07) is 11.2. The lowest BCUT2D eigenvalue weighted by atomic mass is 9.94. The molecule has 0 spiro atoms. The van der Waals surface area contributed by atoms with Gasteiger partial charge in [0.25, 0.3) is 0 Å². The molecule has 0 aliphatic carbocycles. The third-order valence-electron chi connectivity index (χ3n) is 3.42. The fraction of sp³-hybridized carbons (Fsp3) is 0.353. The Hall–Kier alpha value is -1.67. The van der Waals surface area contributed by atoms with Crippen molar-refractivity contribution < 1.29 is 0 Å². The van der Waals surface area contributed by atoms with E-state index in [0.29, 0.717) is 6.04 Å². The van der Waals surface area contributed by atoms with E-state index in [2.05, 4.69) is 55.3 Å². The smallest absolute Gasteiger partial charge is 0.0364 e. The first-order valence-corrected chi connectivity index (χ1v) is 6.90. The number of nitrogens with one attached hydrogen (secondary N) is 1. The fourth-order valence-corrected chi connectivity index (χ4v) is 2.43. The molecule has 100 valence electrons.